The minimum Gasteiger partial charge on any atom is -0.334 e. The van der Waals surface area contributed by atoms with E-state index in [0.717, 1.165) is 0 Å². The molecule has 0 aliphatic rings. The summed E-state index contributed by atoms with van der Waals surface area (Å²) in [7, 11) is 0. The van der Waals surface area contributed by atoms with E-state index < -0.39 is 0 Å². The Morgan fingerprint density at radius 3 is 2.68 bits per heavy atom. The van der Waals surface area contributed by atoms with E-state index in [4.69, 9.17) is 9.78 Å². The van der Waals surface area contributed by atoms with Gasteiger partial charge in [0.15, 0.2) is 0 Å². The van der Waals surface area contributed by atoms with Crippen LogP contribution in [0.3, 0.4) is 0 Å². The third-order valence-electron chi connectivity index (χ3n) is 2.60. The molecular formula is C14H8N4O. The molecule has 19 heavy (non-hydrogen) atoms. The molecule has 0 unspecified atom stereocenters. The van der Waals surface area contributed by atoms with Crippen molar-refractivity contribution in [3.05, 3.63) is 54.2 Å². The second-order valence-corrected chi connectivity index (χ2v) is 3.80. The summed E-state index contributed by atoms with van der Waals surface area (Å²) < 4.78 is 5.20. The first-order chi connectivity index (χ1) is 9.38. The Morgan fingerprint density at radius 2 is 1.89 bits per heavy atom. The van der Waals surface area contributed by atoms with Crippen LogP contribution in [0, 0.1) is 11.3 Å². The van der Waals surface area contributed by atoms with Crippen LogP contribution < -0.4 is 0 Å². The lowest BCUT2D eigenvalue weighted by Gasteiger charge is -1.95. The Hall–Kier alpha value is -3.00. The summed E-state index contributed by atoms with van der Waals surface area (Å²) in [6.07, 6.45) is 1.66. The molecule has 0 amide bonds. The SMILES string of the molecule is N#Cc1ccccc1-c1nc(-c2ccccn2)no1. The number of aromatic nitrogens is 3. The zero-order valence-electron chi connectivity index (χ0n) is 9.82. The van der Waals surface area contributed by atoms with Crippen LogP contribution in [0.4, 0.5) is 0 Å². The standard InChI is InChI=1S/C14H8N4O/c15-9-10-5-1-2-6-11(10)14-17-13(18-19-14)12-7-3-4-8-16-12/h1-8H. The number of hydrogen-bond acceptors (Lipinski definition) is 5. The molecule has 5 nitrogen and oxygen atoms in total. The first kappa shape index (κ1) is 11.1. The largest absolute Gasteiger partial charge is 0.334 e. The maximum Gasteiger partial charge on any atom is 0.259 e. The molecule has 3 aromatic rings. The average molecular weight is 248 g/mol. The summed E-state index contributed by atoms with van der Waals surface area (Å²) >= 11 is 0. The van der Waals surface area contributed by atoms with Gasteiger partial charge in [-0.2, -0.15) is 10.2 Å². The quantitative estimate of drug-likeness (QED) is 0.696. The summed E-state index contributed by atoms with van der Waals surface area (Å²) in [4.78, 5) is 8.42. The summed E-state index contributed by atoms with van der Waals surface area (Å²) in [6.45, 7) is 0. The average Bonchev–Trinajstić information content (AvgIpc) is 2.98. The number of nitrogens with zero attached hydrogens (tertiary/aromatic N) is 4. The number of pyridine rings is 1. The second kappa shape index (κ2) is 4.70. The highest BCUT2D eigenvalue weighted by atomic mass is 16.5. The molecule has 5 heteroatoms. The molecule has 0 bridgehead atoms. The number of hydrogen-bond donors (Lipinski definition) is 0. The van der Waals surface area contributed by atoms with Gasteiger partial charge in [-0.05, 0) is 24.3 Å². The van der Waals surface area contributed by atoms with Gasteiger partial charge in [0, 0.05) is 6.20 Å². The van der Waals surface area contributed by atoms with Crippen molar-refractivity contribution in [1.82, 2.24) is 15.1 Å². The normalized spacial score (nSPS) is 10.1. The maximum atomic E-state index is 9.05. The van der Waals surface area contributed by atoms with Crippen LogP contribution in [0.1, 0.15) is 5.56 Å². The van der Waals surface area contributed by atoms with Crippen LogP contribution in [-0.4, -0.2) is 15.1 Å². The molecule has 0 saturated carbocycles. The van der Waals surface area contributed by atoms with Crippen molar-refractivity contribution in [1.29, 1.82) is 5.26 Å². The maximum absolute atomic E-state index is 9.05. The van der Waals surface area contributed by atoms with Gasteiger partial charge in [-0.15, -0.1) is 0 Å². The van der Waals surface area contributed by atoms with E-state index in [-0.39, 0.29) is 0 Å². The van der Waals surface area contributed by atoms with Gasteiger partial charge < -0.3 is 4.52 Å². The van der Waals surface area contributed by atoms with Gasteiger partial charge in [0.1, 0.15) is 5.69 Å². The number of benzene rings is 1. The molecule has 0 spiro atoms. The van der Waals surface area contributed by atoms with E-state index in [2.05, 4.69) is 21.2 Å². The molecule has 90 valence electrons. The van der Waals surface area contributed by atoms with Crippen LogP contribution in [0.15, 0.2) is 53.2 Å². The fourth-order valence-corrected chi connectivity index (χ4v) is 1.70. The topological polar surface area (TPSA) is 75.6 Å². The third kappa shape index (κ3) is 2.07. The Kier molecular flexibility index (Phi) is 2.75. The smallest absolute Gasteiger partial charge is 0.259 e. The molecule has 0 aliphatic heterocycles. The Morgan fingerprint density at radius 1 is 1.05 bits per heavy atom. The van der Waals surface area contributed by atoms with Crippen LogP contribution >= 0.6 is 0 Å². The van der Waals surface area contributed by atoms with Crippen LogP contribution in [-0.2, 0) is 0 Å². The molecule has 0 radical (unpaired) electrons. The molecule has 2 heterocycles. The molecule has 0 atom stereocenters. The van der Waals surface area contributed by atoms with Gasteiger partial charge >= 0.3 is 0 Å². The predicted octanol–water partition coefficient (Wildman–Crippen LogP) is 2.67. The van der Waals surface area contributed by atoms with E-state index >= 15 is 0 Å². The van der Waals surface area contributed by atoms with Crippen molar-refractivity contribution in [3.63, 3.8) is 0 Å². The van der Waals surface area contributed by atoms with Crippen LogP contribution in [0.5, 0.6) is 0 Å². The highest BCUT2D eigenvalue weighted by molar-refractivity contribution is 5.64. The van der Waals surface area contributed by atoms with Gasteiger partial charge in [0.2, 0.25) is 5.82 Å². The third-order valence-corrected chi connectivity index (χ3v) is 2.60. The Balaban J connectivity index is 2.05. The summed E-state index contributed by atoms with van der Waals surface area (Å²) in [6, 6.07) is 14.7. The second-order valence-electron chi connectivity index (χ2n) is 3.80. The highest BCUT2D eigenvalue weighted by Crippen LogP contribution is 2.23. The summed E-state index contributed by atoms with van der Waals surface area (Å²) in [5, 5.41) is 12.9. The van der Waals surface area contributed by atoms with Gasteiger partial charge in [-0.25, -0.2) is 0 Å². The lowest BCUT2D eigenvalue weighted by Crippen LogP contribution is -1.86. The zero-order chi connectivity index (χ0) is 13.1. The van der Waals surface area contributed by atoms with Gasteiger partial charge in [-0.3, -0.25) is 4.98 Å². The number of nitriles is 1. The minimum atomic E-state index is 0.317. The van der Waals surface area contributed by atoms with Crippen LogP contribution in [0.25, 0.3) is 23.0 Å². The number of rotatable bonds is 2. The van der Waals surface area contributed by atoms with Crippen molar-refractivity contribution in [2.75, 3.05) is 0 Å². The van der Waals surface area contributed by atoms with E-state index in [9.17, 15) is 0 Å². The first-order valence-electron chi connectivity index (χ1n) is 5.63. The van der Waals surface area contributed by atoms with Gasteiger partial charge in [0.05, 0.1) is 17.2 Å². The van der Waals surface area contributed by atoms with E-state index in [1.807, 2.05) is 18.2 Å². The first-order valence-corrected chi connectivity index (χ1v) is 5.63. The molecule has 0 aliphatic carbocycles. The zero-order valence-corrected chi connectivity index (χ0v) is 9.82. The van der Waals surface area contributed by atoms with Crippen molar-refractivity contribution < 1.29 is 4.52 Å². The van der Waals surface area contributed by atoms with Crippen molar-refractivity contribution in [2.45, 2.75) is 0 Å². The van der Waals surface area contributed by atoms with Crippen molar-refractivity contribution in [2.24, 2.45) is 0 Å². The summed E-state index contributed by atoms with van der Waals surface area (Å²) in [5.74, 6) is 0.723. The predicted molar refractivity (Wildman–Crippen MR) is 67.7 cm³/mol. The molecular weight excluding hydrogens is 240 g/mol. The minimum absolute atomic E-state index is 0.317. The van der Waals surface area contributed by atoms with Gasteiger partial charge in [0.25, 0.3) is 5.89 Å². The highest BCUT2D eigenvalue weighted by Gasteiger charge is 2.13. The molecule has 2 aromatic heterocycles. The fraction of sp³-hybridized carbons (Fsp3) is 0. The Labute approximate surface area is 109 Å². The molecule has 0 fully saturated rings. The van der Waals surface area contributed by atoms with E-state index in [1.165, 1.54) is 0 Å². The fourth-order valence-electron chi connectivity index (χ4n) is 1.70. The van der Waals surface area contributed by atoms with Crippen LogP contribution in [0.2, 0.25) is 0 Å². The monoisotopic (exact) mass is 248 g/mol. The lowest BCUT2D eigenvalue weighted by atomic mass is 10.1. The van der Waals surface area contributed by atoms with E-state index in [0.29, 0.717) is 28.5 Å². The van der Waals surface area contributed by atoms with Gasteiger partial charge in [-0.1, -0.05) is 23.4 Å². The van der Waals surface area contributed by atoms with E-state index in [1.54, 1.807) is 30.5 Å². The van der Waals surface area contributed by atoms with Crippen molar-refractivity contribution in [3.8, 4) is 29.0 Å². The molecule has 1 aromatic carbocycles. The summed E-state index contributed by atoms with van der Waals surface area (Å²) in [5.41, 5.74) is 1.75. The molecule has 0 N–H and O–H groups in total. The molecule has 0 saturated heterocycles. The Bertz CT molecular complexity index is 743. The lowest BCUT2D eigenvalue weighted by molar-refractivity contribution is 0.432. The molecule has 3 rings (SSSR count). The van der Waals surface area contributed by atoms with Crippen molar-refractivity contribution >= 4 is 0 Å².